The topological polar surface area (TPSA) is 146 Å². The highest BCUT2D eigenvalue weighted by Gasteiger charge is 2.50. The lowest BCUT2D eigenvalue weighted by molar-refractivity contribution is -0.273. The van der Waals surface area contributed by atoms with Gasteiger partial charge in [-0.3, -0.25) is 14.4 Å². The number of rotatable bonds is 9. The van der Waals surface area contributed by atoms with E-state index < -0.39 is 48.6 Å². The van der Waals surface area contributed by atoms with Crippen molar-refractivity contribution in [1.82, 2.24) is 0 Å². The molecule has 0 spiro atoms. The van der Waals surface area contributed by atoms with Crippen LogP contribution in [0.25, 0.3) is 10.4 Å². The predicted octanol–water partition coefficient (Wildman–Crippen LogP) is 1.25. The summed E-state index contributed by atoms with van der Waals surface area (Å²) >= 11 is 0. The van der Waals surface area contributed by atoms with Crippen LogP contribution in [0.5, 0.6) is 0 Å². The van der Waals surface area contributed by atoms with E-state index in [1.165, 1.54) is 6.92 Å². The van der Waals surface area contributed by atoms with E-state index in [0.717, 1.165) is 13.8 Å². The Kier molecular flexibility index (Phi) is 9.81. The molecule has 1 fully saturated rings. The second-order valence-electron chi connectivity index (χ2n) is 5.87. The second-order valence-corrected chi connectivity index (χ2v) is 5.87. The van der Waals surface area contributed by atoms with Gasteiger partial charge in [0.1, 0.15) is 18.8 Å². The summed E-state index contributed by atoms with van der Waals surface area (Å²) in [6.07, 6.45) is 1.64. The molecule has 28 heavy (non-hydrogen) atoms. The molecule has 11 nitrogen and oxygen atoms in total. The summed E-state index contributed by atoms with van der Waals surface area (Å²) in [5, 5.41) is 3.60. The number of ether oxygens (including phenoxy) is 5. The number of hydrogen-bond acceptors (Lipinski definition) is 9. The number of hydrogen-bond donors (Lipinski definition) is 0. The van der Waals surface area contributed by atoms with Gasteiger partial charge in [-0.2, -0.15) is 0 Å². The molecule has 154 valence electrons. The van der Waals surface area contributed by atoms with E-state index in [9.17, 15) is 14.4 Å². The van der Waals surface area contributed by atoms with Crippen LogP contribution >= 0.6 is 0 Å². The first-order chi connectivity index (χ1) is 13.3. The fourth-order valence-corrected chi connectivity index (χ4v) is 2.58. The Morgan fingerprint density at radius 1 is 1.14 bits per heavy atom. The molecular formula is C17H23N3O8. The maximum absolute atomic E-state index is 11.6. The van der Waals surface area contributed by atoms with Gasteiger partial charge >= 0.3 is 17.9 Å². The first kappa shape index (κ1) is 23.2. The SMILES string of the molecule is C#CCCCO[C@H]1O[C@@H](COC(C)=O)[C@@H](OC(C)=O)[C@@H](OC(C)=O)[C@@H]1N=[N+]=[N-]. The van der Waals surface area contributed by atoms with Crippen molar-refractivity contribution in [3.05, 3.63) is 10.4 Å². The summed E-state index contributed by atoms with van der Waals surface area (Å²) in [5.74, 6) is 0.491. The zero-order valence-electron chi connectivity index (χ0n) is 15.9. The highest BCUT2D eigenvalue weighted by Crippen LogP contribution is 2.30. The van der Waals surface area contributed by atoms with E-state index >= 15 is 0 Å². The first-order valence-corrected chi connectivity index (χ1v) is 8.52. The summed E-state index contributed by atoms with van der Waals surface area (Å²) in [4.78, 5) is 37.0. The van der Waals surface area contributed by atoms with E-state index in [1.54, 1.807) is 0 Å². The quantitative estimate of drug-likeness (QED) is 0.107. The van der Waals surface area contributed by atoms with Crippen LogP contribution in [-0.2, 0) is 38.1 Å². The van der Waals surface area contributed by atoms with Gasteiger partial charge in [-0.05, 0) is 12.0 Å². The van der Waals surface area contributed by atoms with Gasteiger partial charge in [0.25, 0.3) is 0 Å². The van der Waals surface area contributed by atoms with Crippen molar-refractivity contribution in [3.63, 3.8) is 0 Å². The van der Waals surface area contributed by atoms with Crippen LogP contribution in [0.1, 0.15) is 33.6 Å². The molecule has 1 saturated heterocycles. The molecule has 1 rings (SSSR count). The molecule has 0 aromatic rings. The molecule has 1 heterocycles. The van der Waals surface area contributed by atoms with Crippen molar-refractivity contribution in [2.45, 2.75) is 64.3 Å². The van der Waals surface area contributed by atoms with Crippen LogP contribution in [0.3, 0.4) is 0 Å². The minimum atomic E-state index is -1.20. The molecule has 0 aromatic heterocycles. The molecule has 0 N–H and O–H groups in total. The van der Waals surface area contributed by atoms with E-state index in [1.807, 2.05) is 0 Å². The van der Waals surface area contributed by atoms with Gasteiger partial charge in [0.05, 0.1) is 6.61 Å². The van der Waals surface area contributed by atoms with Gasteiger partial charge in [0.15, 0.2) is 18.5 Å². The Balaban J connectivity index is 3.17. The monoisotopic (exact) mass is 397 g/mol. The number of esters is 3. The number of nitrogens with zero attached hydrogens (tertiary/aromatic N) is 3. The Morgan fingerprint density at radius 2 is 1.79 bits per heavy atom. The largest absolute Gasteiger partial charge is 0.463 e. The lowest BCUT2D eigenvalue weighted by Crippen LogP contribution is -2.61. The molecule has 1 aliphatic heterocycles. The normalized spacial score (nSPS) is 26.3. The third-order valence-electron chi connectivity index (χ3n) is 3.60. The molecule has 0 saturated carbocycles. The van der Waals surface area contributed by atoms with Crippen molar-refractivity contribution in [2.24, 2.45) is 5.11 Å². The van der Waals surface area contributed by atoms with Crippen LogP contribution in [0.2, 0.25) is 0 Å². The number of azide groups is 1. The Labute approximate surface area is 162 Å². The molecule has 1 aliphatic rings. The maximum Gasteiger partial charge on any atom is 0.303 e. The summed E-state index contributed by atoms with van der Waals surface area (Å²) in [6.45, 7) is 3.38. The molecule has 0 unspecified atom stereocenters. The van der Waals surface area contributed by atoms with Crippen molar-refractivity contribution in [3.8, 4) is 12.3 Å². The zero-order valence-corrected chi connectivity index (χ0v) is 15.9. The van der Waals surface area contributed by atoms with Crippen molar-refractivity contribution in [1.29, 1.82) is 0 Å². The fraction of sp³-hybridized carbons (Fsp3) is 0.706. The summed E-state index contributed by atoms with van der Waals surface area (Å²) in [7, 11) is 0. The minimum absolute atomic E-state index is 0.178. The Bertz CT molecular complexity index is 655. The summed E-state index contributed by atoms with van der Waals surface area (Å²) in [5.41, 5.74) is 8.91. The molecule has 0 amide bonds. The highest BCUT2D eigenvalue weighted by molar-refractivity contribution is 5.68. The Hall–Kier alpha value is -2.80. The van der Waals surface area contributed by atoms with E-state index in [0.29, 0.717) is 12.8 Å². The fourth-order valence-electron chi connectivity index (χ4n) is 2.58. The van der Waals surface area contributed by atoms with Gasteiger partial charge in [-0.1, -0.05) is 5.11 Å². The molecular weight excluding hydrogens is 374 g/mol. The standard InChI is InChI=1S/C17H23N3O8/c1-5-6-7-8-24-17-14(19-20-18)16(27-12(4)23)15(26-11(3)22)13(28-17)9-25-10(2)21/h1,13-17H,6-9H2,2-4H3/t13-,14-,15+,16-,17-/m0/s1. The van der Waals surface area contributed by atoms with Gasteiger partial charge in [-0.25, -0.2) is 0 Å². The maximum atomic E-state index is 11.6. The molecule has 0 aliphatic carbocycles. The van der Waals surface area contributed by atoms with Gasteiger partial charge in [-0.15, -0.1) is 12.3 Å². The second kappa shape index (κ2) is 11.8. The number of carbonyl (C=O) groups is 3. The van der Waals surface area contributed by atoms with E-state index in [4.69, 9.17) is 35.6 Å². The van der Waals surface area contributed by atoms with Gasteiger partial charge in [0, 0.05) is 32.1 Å². The minimum Gasteiger partial charge on any atom is -0.463 e. The van der Waals surface area contributed by atoms with Crippen molar-refractivity contribution in [2.75, 3.05) is 13.2 Å². The zero-order chi connectivity index (χ0) is 21.1. The van der Waals surface area contributed by atoms with Crippen LogP contribution in [0, 0.1) is 12.3 Å². The van der Waals surface area contributed by atoms with E-state index in [-0.39, 0.29) is 13.2 Å². The molecule has 0 radical (unpaired) electrons. The number of terminal acetylenes is 1. The lowest BCUT2D eigenvalue weighted by atomic mass is 9.97. The first-order valence-electron chi connectivity index (χ1n) is 8.52. The molecule has 11 heteroatoms. The smallest absolute Gasteiger partial charge is 0.303 e. The van der Waals surface area contributed by atoms with Gasteiger partial charge in [0.2, 0.25) is 0 Å². The average Bonchev–Trinajstić information content (AvgIpc) is 2.60. The number of unbranched alkanes of at least 4 members (excludes halogenated alkanes) is 1. The lowest BCUT2D eigenvalue weighted by Gasteiger charge is -2.43. The van der Waals surface area contributed by atoms with E-state index in [2.05, 4.69) is 15.9 Å². The summed E-state index contributed by atoms with van der Waals surface area (Å²) in [6, 6.07) is -1.14. The Morgan fingerprint density at radius 3 is 2.32 bits per heavy atom. The predicted molar refractivity (Wildman–Crippen MR) is 93.4 cm³/mol. The van der Waals surface area contributed by atoms with Gasteiger partial charge < -0.3 is 23.7 Å². The van der Waals surface area contributed by atoms with Crippen molar-refractivity contribution < 1.29 is 38.1 Å². The van der Waals surface area contributed by atoms with Crippen LogP contribution in [-0.4, -0.2) is 61.8 Å². The summed E-state index contributed by atoms with van der Waals surface area (Å²) < 4.78 is 26.7. The third kappa shape index (κ3) is 7.44. The number of carbonyl (C=O) groups excluding carboxylic acids is 3. The van der Waals surface area contributed by atoms with Crippen molar-refractivity contribution >= 4 is 17.9 Å². The molecule has 5 atom stereocenters. The highest BCUT2D eigenvalue weighted by atomic mass is 16.7. The molecule has 0 bridgehead atoms. The van der Waals surface area contributed by atoms with Crippen LogP contribution in [0.4, 0.5) is 0 Å². The van der Waals surface area contributed by atoms with Crippen LogP contribution < -0.4 is 0 Å². The third-order valence-corrected chi connectivity index (χ3v) is 3.60. The molecule has 0 aromatic carbocycles. The van der Waals surface area contributed by atoms with Crippen LogP contribution in [0.15, 0.2) is 5.11 Å². The average molecular weight is 397 g/mol.